The monoisotopic (exact) mass is 523 g/mol. The third kappa shape index (κ3) is 6.45. The van der Waals surface area contributed by atoms with E-state index in [9.17, 15) is 14.4 Å². The zero-order chi connectivity index (χ0) is 27.3. The fraction of sp³-hybridized carbons (Fsp3) is 0.333. The zero-order valence-corrected chi connectivity index (χ0v) is 22.5. The van der Waals surface area contributed by atoms with Crippen LogP contribution in [-0.4, -0.2) is 35.7 Å². The van der Waals surface area contributed by atoms with Gasteiger partial charge in [-0.3, -0.25) is 19.3 Å². The number of anilines is 2. The number of ether oxygens (including phenoxy) is 1. The van der Waals surface area contributed by atoms with Gasteiger partial charge in [0.05, 0.1) is 12.8 Å². The number of nitrogens with zero attached hydrogens (tertiary/aromatic N) is 2. The van der Waals surface area contributed by atoms with Gasteiger partial charge in [0.1, 0.15) is 16.7 Å². The number of benzene rings is 2. The highest BCUT2D eigenvalue weighted by Gasteiger charge is 2.36. The van der Waals surface area contributed by atoms with E-state index in [0.29, 0.717) is 29.5 Å². The molecule has 0 radical (unpaired) electrons. The molecule has 1 heterocycles. The SMILES string of the molecule is COc1ccc([C@H](C(=O)NCCC(C)C)N(C(=O)c2snc(C(N)=O)c2N)c2cc(C)cc(C)c2)cc1. The highest BCUT2D eigenvalue weighted by molar-refractivity contribution is 7.09. The molecule has 3 amide bonds. The van der Waals surface area contributed by atoms with Gasteiger partial charge in [-0.2, -0.15) is 4.37 Å². The summed E-state index contributed by atoms with van der Waals surface area (Å²) < 4.78 is 9.28. The number of amides is 3. The smallest absolute Gasteiger partial charge is 0.273 e. The van der Waals surface area contributed by atoms with Gasteiger partial charge in [-0.1, -0.05) is 32.0 Å². The second-order valence-corrected chi connectivity index (χ2v) is 10.1. The van der Waals surface area contributed by atoms with E-state index in [1.54, 1.807) is 31.4 Å². The third-order valence-electron chi connectivity index (χ3n) is 5.82. The van der Waals surface area contributed by atoms with Crippen molar-refractivity contribution in [2.75, 3.05) is 24.3 Å². The summed E-state index contributed by atoms with van der Waals surface area (Å²) in [6.07, 6.45) is 0.780. The summed E-state index contributed by atoms with van der Waals surface area (Å²) >= 11 is 0.777. The van der Waals surface area contributed by atoms with Crippen molar-refractivity contribution in [3.63, 3.8) is 0 Å². The Bertz CT molecular complexity index is 1270. The number of nitrogen functional groups attached to an aromatic ring is 1. The fourth-order valence-corrected chi connectivity index (χ4v) is 4.74. The number of nitrogens with one attached hydrogen (secondary N) is 1. The van der Waals surface area contributed by atoms with Gasteiger partial charge in [0.25, 0.3) is 11.8 Å². The van der Waals surface area contributed by atoms with Gasteiger partial charge < -0.3 is 21.5 Å². The third-order valence-corrected chi connectivity index (χ3v) is 6.67. The maximum Gasteiger partial charge on any atom is 0.273 e. The van der Waals surface area contributed by atoms with E-state index in [4.69, 9.17) is 16.2 Å². The normalized spacial score (nSPS) is 11.7. The first-order valence-corrected chi connectivity index (χ1v) is 12.7. The average Bonchev–Trinajstić information content (AvgIpc) is 3.22. The number of hydrogen-bond donors (Lipinski definition) is 3. The van der Waals surface area contributed by atoms with Crippen molar-refractivity contribution in [3.05, 3.63) is 69.7 Å². The summed E-state index contributed by atoms with van der Waals surface area (Å²) in [5.41, 5.74) is 14.2. The van der Waals surface area contributed by atoms with Crippen molar-refractivity contribution in [2.24, 2.45) is 11.7 Å². The molecule has 0 aliphatic rings. The first-order valence-electron chi connectivity index (χ1n) is 11.9. The van der Waals surface area contributed by atoms with Gasteiger partial charge in [-0.25, -0.2) is 0 Å². The lowest BCUT2D eigenvalue weighted by Crippen LogP contribution is -2.44. The quantitative estimate of drug-likeness (QED) is 0.367. The summed E-state index contributed by atoms with van der Waals surface area (Å²) in [6, 6.07) is 11.6. The van der Waals surface area contributed by atoms with Gasteiger partial charge in [0, 0.05) is 12.2 Å². The van der Waals surface area contributed by atoms with Gasteiger partial charge in [-0.15, -0.1) is 0 Å². The molecule has 1 aromatic heterocycles. The van der Waals surface area contributed by atoms with Crippen LogP contribution in [0.25, 0.3) is 0 Å². The lowest BCUT2D eigenvalue weighted by atomic mass is 10.0. The van der Waals surface area contributed by atoms with Crippen LogP contribution in [0.2, 0.25) is 0 Å². The minimum atomic E-state index is -1.04. The van der Waals surface area contributed by atoms with E-state index in [1.807, 2.05) is 32.0 Å². The number of primary amides is 1. The molecule has 3 rings (SSSR count). The van der Waals surface area contributed by atoms with E-state index in [2.05, 4.69) is 23.5 Å². The maximum atomic E-state index is 14.1. The molecule has 0 spiro atoms. The molecule has 196 valence electrons. The molecule has 2 aromatic carbocycles. The molecule has 0 saturated heterocycles. The van der Waals surface area contributed by atoms with Crippen LogP contribution >= 0.6 is 11.5 Å². The lowest BCUT2D eigenvalue weighted by molar-refractivity contribution is -0.122. The number of aromatic nitrogens is 1. The number of aryl methyl sites for hydroxylation is 2. The van der Waals surface area contributed by atoms with Crippen molar-refractivity contribution >= 4 is 40.6 Å². The summed E-state index contributed by atoms with van der Waals surface area (Å²) in [7, 11) is 1.55. The van der Waals surface area contributed by atoms with Gasteiger partial charge in [0.15, 0.2) is 5.69 Å². The Balaban J connectivity index is 2.20. The average molecular weight is 524 g/mol. The van der Waals surface area contributed by atoms with E-state index in [-0.39, 0.29) is 22.2 Å². The Morgan fingerprint density at radius 1 is 1.08 bits per heavy atom. The molecule has 0 aliphatic carbocycles. The minimum Gasteiger partial charge on any atom is -0.497 e. The maximum absolute atomic E-state index is 14.1. The molecule has 0 bridgehead atoms. The van der Waals surface area contributed by atoms with Crippen molar-refractivity contribution in [3.8, 4) is 5.75 Å². The molecule has 0 saturated carbocycles. The van der Waals surface area contributed by atoms with Crippen LogP contribution in [0.4, 0.5) is 11.4 Å². The molecule has 37 heavy (non-hydrogen) atoms. The minimum absolute atomic E-state index is 0.0291. The molecule has 9 nitrogen and oxygen atoms in total. The molecule has 0 aliphatic heterocycles. The summed E-state index contributed by atoms with van der Waals surface area (Å²) in [5, 5.41) is 2.98. The van der Waals surface area contributed by atoms with E-state index in [0.717, 1.165) is 29.1 Å². The van der Waals surface area contributed by atoms with Crippen molar-refractivity contribution in [1.29, 1.82) is 0 Å². The van der Waals surface area contributed by atoms with E-state index < -0.39 is 17.9 Å². The van der Waals surface area contributed by atoms with Crippen molar-refractivity contribution in [1.82, 2.24) is 9.69 Å². The van der Waals surface area contributed by atoms with Crippen LogP contribution in [0, 0.1) is 19.8 Å². The number of nitrogens with two attached hydrogens (primary N) is 2. The first-order chi connectivity index (χ1) is 17.5. The standard InChI is InChI=1S/C27H33N5O4S/c1-15(2)10-11-30-26(34)23(18-6-8-20(36-5)9-7-18)32(19-13-16(3)12-17(4)14-19)27(35)24-21(28)22(25(29)33)31-37-24/h6-9,12-15,23H,10-11,28H2,1-5H3,(H2,29,33)(H,30,34)/t23-/m1/s1. The number of hydrogen-bond acceptors (Lipinski definition) is 7. The summed E-state index contributed by atoms with van der Waals surface area (Å²) in [4.78, 5) is 41.1. The van der Waals surface area contributed by atoms with Crippen LogP contribution in [0.1, 0.15) is 63.2 Å². The van der Waals surface area contributed by atoms with Crippen LogP contribution in [0.15, 0.2) is 42.5 Å². The van der Waals surface area contributed by atoms with E-state index >= 15 is 0 Å². The Morgan fingerprint density at radius 3 is 2.22 bits per heavy atom. The van der Waals surface area contributed by atoms with Crippen LogP contribution in [-0.2, 0) is 4.79 Å². The second-order valence-electron chi connectivity index (χ2n) is 9.31. The number of rotatable bonds is 10. The Morgan fingerprint density at radius 2 is 1.70 bits per heavy atom. The molecule has 5 N–H and O–H groups in total. The fourth-order valence-electron chi connectivity index (χ4n) is 4.00. The van der Waals surface area contributed by atoms with Crippen molar-refractivity contribution < 1.29 is 19.1 Å². The molecule has 10 heteroatoms. The topological polar surface area (TPSA) is 141 Å². The molecular weight excluding hydrogens is 490 g/mol. The van der Waals surface area contributed by atoms with Gasteiger partial charge in [-0.05, 0) is 78.7 Å². The lowest BCUT2D eigenvalue weighted by Gasteiger charge is -2.32. The number of carbonyl (C=O) groups is 3. The number of methoxy groups -OCH3 is 1. The van der Waals surface area contributed by atoms with Gasteiger partial charge >= 0.3 is 0 Å². The second kappa shape index (κ2) is 11.9. The Hall–Kier alpha value is -3.92. The van der Waals surface area contributed by atoms with Crippen LogP contribution in [0.5, 0.6) is 5.75 Å². The highest BCUT2D eigenvalue weighted by atomic mass is 32.1. The molecule has 1 atom stereocenters. The Labute approximate surface area is 221 Å². The van der Waals surface area contributed by atoms with E-state index in [1.165, 1.54) is 4.90 Å². The highest BCUT2D eigenvalue weighted by Crippen LogP contribution is 2.34. The summed E-state index contributed by atoms with van der Waals surface area (Å²) in [6.45, 7) is 8.42. The molecule has 3 aromatic rings. The zero-order valence-electron chi connectivity index (χ0n) is 21.7. The summed E-state index contributed by atoms with van der Waals surface area (Å²) in [5.74, 6) is -0.737. The van der Waals surface area contributed by atoms with Crippen LogP contribution in [0.3, 0.4) is 0 Å². The predicted octanol–water partition coefficient (Wildman–Crippen LogP) is 4.00. The largest absolute Gasteiger partial charge is 0.497 e. The molecular formula is C27H33N5O4S. The first kappa shape index (κ1) is 27.7. The molecule has 0 unspecified atom stereocenters. The Kier molecular flexibility index (Phi) is 8.88. The van der Waals surface area contributed by atoms with Crippen LogP contribution < -0.4 is 26.4 Å². The van der Waals surface area contributed by atoms with Crippen molar-refractivity contribution in [2.45, 2.75) is 40.2 Å². The van der Waals surface area contributed by atoms with Gasteiger partial charge in [0.2, 0.25) is 5.91 Å². The predicted molar refractivity (Wildman–Crippen MR) is 146 cm³/mol. The molecule has 0 fully saturated rings. The number of carbonyl (C=O) groups excluding carboxylic acids is 3.